The first-order chi connectivity index (χ1) is 12.5. The van der Waals surface area contributed by atoms with Gasteiger partial charge in [-0.05, 0) is 0 Å². The lowest BCUT2D eigenvalue weighted by atomic mass is 9.95. The second-order valence-electron chi connectivity index (χ2n) is 6.43. The molecule has 0 unspecified atom stereocenters. The third-order valence-corrected chi connectivity index (χ3v) is 4.98. The topological polar surface area (TPSA) is 257 Å². The van der Waals surface area contributed by atoms with E-state index in [0.29, 0.717) is 0 Å². The number of hydrogen-bond donors (Lipinski definition) is 7. The maximum atomic E-state index is 10.6. The Labute approximate surface area is 153 Å². The maximum absolute atomic E-state index is 10.6. The van der Waals surface area contributed by atoms with Gasteiger partial charge >= 0.3 is 0 Å². The van der Waals surface area contributed by atoms with E-state index in [1.165, 1.54) is 0 Å². The van der Waals surface area contributed by atoms with E-state index in [9.17, 15) is 39.9 Å². The van der Waals surface area contributed by atoms with Crippen LogP contribution in [0.5, 0.6) is 0 Å². The van der Waals surface area contributed by atoms with Gasteiger partial charge in [0.05, 0.1) is 21.0 Å². The molecule has 0 amide bonds. The van der Waals surface area contributed by atoms with E-state index in [4.69, 9.17) is 14.2 Å². The summed E-state index contributed by atoms with van der Waals surface area (Å²) in [6, 6.07) is -2.12. The van der Waals surface area contributed by atoms with Crippen molar-refractivity contribution in [3.63, 3.8) is 0 Å². The first-order valence-corrected chi connectivity index (χ1v) is 9.54. The Hall–Kier alpha value is -0.290. The molecule has 0 saturated carbocycles. The fraction of sp³-hybridized carbons (Fsp3) is 1.00. The smallest absolute Gasteiger partial charge is 0.214 e. The van der Waals surface area contributed by atoms with Gasteiger partial charge in [0.2, 0.25) is 12.6 Å². The number of phosphoric acid groups is 1. The summed E-state index contributed by atoms with van der Waals surface area (Å²) in [7, 11) is -5.35. The quantitative estimate of drug-likeness (QED) is 0.198. The van der Waals surface area contributed by atoms with Crippen LogP contribution in [-0.2, 0) is 23.3 Å². The lowest BCUT2D eigenvalue weighted by Gasteiger charge is -2.44. The van der Waals surface area contributed by atoms with Crippen LogP contribution in [0.1, 0.15) is 0 Å². The van der Waals surface area contributed by atoms with Crippen molar-refractivity contribution in [3.05, 3.63) is 0 Å². The number of rotatable bonds is 6. The molecule has 2 heterocycles. The van der Waals surface area contributed by atoms with Crippen molar-refractivity contribution in [3.8, 4) is 0 Å². The molecular formula is C12H25N2O12P. The van der Waals surface area contributed by atoms with E-state index in [2.05, 4.69) is 16.0 Å². The highest BCUT2D eigenvalue weighted by molar-refractivity contribution is 7.43. The number of aliphatic hydroxyl groups is 5. The van der Waals surface area contributed by atoms with E-state index >= 15 is 0 Å². The molecule has 10 atom stereocenters. The zero-order valence-electron chi connectivity index (χ0n) is 14.1. The van der Waals surface area contributed by atoms with Gasteiger partial charge in [-0.1, -0.05) is 0 Å². The first kappa shape index (κ1) is 23.0. The van der Waals surface area contributed by atoms with Gasteiger partial charge in [-0.15, -0.1) is 0 Å². The Kier molecular flexibility index (Phi) is 7.68. The molecule has 11 N–H and O–H groups in total. The van der Waals surface area contributed by atoms with Gasteiger partial charge in [0.15, 0.2) is 12.1 Å². The summed E-state index contributed by atoms with van der Waals surface area (Å²) >= 11 is 0. The average Bonchev–Trinajstić information content (AvgIpc) is 2.60. The Balaban J connectivity index is 2.11. The molecule has 0 aromatic heterocycles. The Morgan fingerprint density at radius 2 is 1.59 bits per heavy atom. The van der Waals surface area contributed by atoms with Crippen molar-refractivity contribution >= 4 is 7.82 Å². The fourth-order valence-electron chi connectivity index (χ4n) is 2.88. The van der Waals surface area contributed by atoms with Gasteiger partial charge in [0, 0.05) is 0 Å². The second-order valence-corrected chi connectivity index (χ2v) is 7.59. The molecule has 2 rings (SSSR count). The molecule has 2 aliphatic rings. The lowest BCUT2D eigenvalue weighted by molar-refractivity contribution is -0.522. The van der Waals surface area contributed by atoms with Crippen molar-refractivity contribution in [2.24, 2.45) is 0 Å². The molecule has 0 spiro atoms. The van der Waals surface area contributed by atoms with Crippen LogP contribution in [0.2, 0.25) is 0 Å². The van der Waals surface area contributed by atoms with Crippen LogP contribution in [0.15, 0.2) is 0 Å². The zero-order valence-corrected chi connectivity index (χ0v) is 15.0. The lowest BCUT2D eigenvalue weighted by Crippen LogP contribution is -2.81. The van der Waals surface area contributed by atoms with Crippen molar-refractivity contribution in [1.29, 1.82) is 0 Å². The van der Waals surface area contributed by atoms with E-state index in [-0.39, 0.29) is 0 Å². The van der Waals surface area contributed by atoms with Gasteiger partial charge in [-0.3, -0.25) is 0 Å². The molecule has 27 heavy (non-hydrogen) atoms. The second kappa shape index (κ2) is 9.02. The highest BCUT2D eigenvalue weighted by atomic mass is 31.2. The third kappa shape index (κ3) is 5.41. The normalized spacial score (nSPS) is 46.4. The van der Waals surface area contributed by atoms with Crippen molar-refractivity contribution in [2.45, 2.75) is 61.3 Å². The van der Waals surface area contributed by atoms with Crippen molar-refractivity contribution < 1.29 is 70.1 Å². The van der Waals surface area contributed by atoms with E-state index in [0.717, 1.165) is 0 Å². The minimum Gasteiger partial charge on any atom is -0.790 e. The molecule has 0 bridgehead atoms. The van der Waals surface area contributed by atoms with Gasteiger partial charge in [-0.2, -0.15) is 0 Å². The molecule has 2 aliphatic heterocycles. The van der Waals surface area contributed by atoms with Gasteiger partial charge < -0.3 is 70.1 Å². The molecule has 2 saturated heterocycles. The van der Waals surface area contributed by atoms with Crippen molar-refractivity contribution in [2.75, 3.05) is 13.2 Å². The molecule has 2 fully saturated rings. The molecule has 160 valence electrons. The SMILES string of the molecule is [NH3+][C@@H]1[C@@H](O)[C@H](O[C@@H]2O[C@H](COP(=O)([O-])[O-])[C@@H](O)[C@H](O)[C@H]2[NH3+])[C@@H](CO)O[C@H]1O. The average molecular weight is 420 g/mol. The Morgan fingerprint density at radius 3 is 2.15 bits per heavy atom. The Morgan fingerprint density at radius 1 is 0.963 bits per heavy atom. The number of quaternary nitrogens is 2. The molecule has 0 aromatic carbocycles. The number of hydrogen-bond acceptors (Lipinski definition) is 12. The molecule has 15 heteroatoms. The number of ether oxygens (including phenoxy) is 3. The highest BCUT2D eigenvalue weighted by Gasteiger charge is 2.51. The number of phosphoric ester groups is 1. The summed E-state index contributed by atoms with van der Waals surface area (Å²) in [5.41, 5.74) is 7.14. The Bertz CT molecular complexity index is 535. The van der Waals surface area contributed by atoms with Crippen LogP contribution in [0.25, 0.3) is 0 Å². The summed E-state index contributed by atoms with van der Waals surface area (Å²) in [6.07, 6.45) is -11.2. The molecule has 0 radical (unpaired) electrons. The summed E-state index contributed by atoms with van der Waals surface area (Å²) in [6.45, 7) is -1.51. The molecule has 14 nitrogen and oxygen atoms in total. The van der Waals surface area contributed by atoms with Crippen LogP contribution in [0.4, 0.5) is 0 Å². The van der Waals surface area contributed by atoms with Crippen LogP contribution < -0.4 is 21.3 Å². The summed E-state index contributed by atoms with van der Waals surface area (Å²) in [5, 5.41) is 49.3. The minimum atomic E-state index is -5.35. The molecule has 0 aliphatic carbocycles. The van der Waals surface area contributed by atoms with Crippen molar-refractivity contribution in [1.82, 2.24) is 0 Å². The zero-order chi connectivity index (χ0) is 20.5. The fourth-order valence-corrected chi connectivity index (χ4v) is 3.21. The van der Waals surface area contributed by atoms with E-state index < -0.39 is 82.3 Å². The summed E-state index contributed by atoms with van der Waals surface area (Å²) in [4.78, 5) is 21.2. The maximum Gasteiger partial charge on any atom is 0.214 e. The van der Waals surface area contributed by atoms with E-state index in [1.807, 2.05) is 0 Å². The van der Waals surface area contributed by atoms with Gasteiger partial charge in [0.1, 0.15) is 36.6 Å². The van der Waals surface area contributed by atoms with E-state index in [1.54, 1.807) is 0 Å². The third-order valence-electron chi connectivity index (χ3n) is 4.52. The van der Waals surface area contributed by atoms with Crippen LogP contribution in [-0.4, -0.2) is 100 Å². The number of aliphatic hydroxyl groups excluding tert-OH is 5. The molecular weight excluding hydrogens is 395 g/mol. The van der Waals surface area contributed by atoms with Gasteiger partial charge in [-0.25, -0.2) is 0 Å². The van der Waals surface area contributed by atoms with Gasteiger partial charge in [0.25, 0.3) is 0 Å². The summed E-state index contributed by atoms with van der Waals surface area (Å²) < 4.78 is 30.7. The monoisotopic (exact) mass is 420 g/mol. The van der Waals surface area contributed by atoms with Crippen LogP contribution >= 0.6 is 7.82 Å². The predicted octanol–water partition coefficient (Wildman–Crippen LogP) is -8.05. The standard InChI is InChI=1S/C12H25N2O12P/c13-5-9(18)10(3(1-15)24-11(5)19)26-12-6(14)8(17)7(16)4(25-12)2-23-27(20,21)22/h3-12,15-19H,1-2,13-14H2,(H2,20,21,22)/t3-,4-,5-,6-,7-,8-,9-,10-,11-,12+/m1/s1. The van der Waals surface area contributed by atoms with Crippen LogP contribution in [0.3, 0.4) is 0 Å². The first-order valence-electron chi connectivity index (χ1n) is 8.08. The largest absolute Gasteiger partial charge is 0.790 e. The highest BCUT2D eigenvalue weighted by Crippen LogP contribution is 2.30. The van der Waals surface area contributed by atoms with Crippen LogP contribution in [0, 0.1) is 0 Å². The predicted molar refractivity (Wildman–Crippen MR) is 76.4 cm³/mol. The summed E-state index contributed by atoms with van der Waals surface area (Å²) in [5.74, 6) is 0. The minimum absolute atomic E-state index is 0.632. The molecule has 0 aromatic rings.